The fourth-order valence-corrected chi connectivity index (χ4v) is 3.26. The number of likely N-dealkylation sites (tertiary alicyclic amines) is 1. The van der Waals surface area contributed by atoms with Gasteiger partial charge in [-0.2, -0.15) is 0 Å². The molecule has 4 nitrogen and oxygen atoms in total. The standard InChI is InChI=1S/C17H22N2O2.ClH/c1-21-15-5-2-14(3-6-15)4-7-16(20)19-11-9-17(13-19)8-10-18-12-17;/h2-7,18H,8-13H2,1H3;1H. The average Bonchev–Trinajstić information content (AvgIpc) is 3.16. The predicted octanol–water partition coefficient (Wildman–Crippen LogP) is 2.34. The lowest BCUT2D eigenvalue weighted by molar-refractivity contribution is -0.125. The molecule has 0 aromatic heterocycles. The predicted molar refractivity (Wildman–Crippen MR) is 90.4 cm³/mol. The van der Waals surface area contributed by atoms with E-state index in [1.807, 2.05) is 35.2 Å². The van der Waals surface area contributed by atoms with E-state index in [9.17, 15) is 4.79 Å². The summed E-state index contributed by atoms with van der Waals surface area (Å²) in [6, 6.07) is 7.71. The van der Waals surface area contributed by atoms with E-state index in [1.54, 1.807) is 13.2 Å². The minimum atomic E-state index is 0. The highest BCUT2D eigenvalue weighted by molar-refractivity contribution is 5.92. The molecule has 2 aliphatic rings. The third kappa shape index (κ3) is 3.62. The molecule has 0 bridgehead atoms. The molecule has 1 atom stereocenters. The molecular weight excluding hydrogens is 300 g/mol. The van der Waals surface area contributed by atoms with Crippen LogP contribution in [0.5, 0.6) is 5.75 Å². The first kappa shape index (κ1) is 16.8. The van der Waals surface area contributed by atoms with Crippen LogP contribution in [0.3, 0.4) is 0 Å². The highest BCUT2D eigenvalue weighted by atomic mass is 35.5. The van der Waals surface area contributed by atoms with Crippen LogP contribution in [0.4, 0.5) is 0 Å². The minimum absolute atomic E-state index is 0. The fourth-order valence-electron chi connectivity index (χ4n) is 3.26. The average molecular weight is 323 g/mol. The molecule has 2 saturated heterocycles. The summed E-state index contributed by atoms with van der Waals surface area (Å²) in [6.45, 7) is 3.92. The number of benzene rings is 1. The Kier molecular flexibility index (Phi) is 5.48. The molecule has 3 rings (SSSR count). The van der Waals surface area contributed by atoms with E-state index < -0.39 is 0 Å². The molecule has 5 heteroatoms. The molecule has 0 aliphatic carbocycles. The molecule has 0 radical (unpaired) electrons. The topological polar surface area (TPSA) is 41.6 Å². The first-order chi connectivity index (χ1) is 10.2. The first-order valence-corrected chi connectivity index (χ1v) is 7.53. The van der Waals surface area contributed by atoms with Crippen LogP contribution in [0.15, 0.2) is 30.3 Å². The van der Waals surface area contributed by atoms with Crippen LogP contribution < -0.4 is 10.1 Å². The SMILES string of the molecule is COc1ccc(C=CC(=O)N2CCC3(CCNC3)C2)cc1.Cl. The van der Waals surface area contributed by atoms with Gasteiger partial charge in [-0.3, -0.25) is 4.79 Å². The summed E-state index contributed by atoms with van der Waals surface area (Å²) in [4.78, 5) is 14.3. The summed E-state index contributed by atoms with van der Waals surface area (Å²) < 4.78 is 5.12. The molecule has 1 aromatic carbocycles. The summed E-state index contributed by atoms with van der Waals surface area (Å²) in [5, 5.41) is 3.42. The van der Waals surface area contributed by atoms with Crippen molar-refractivity contribution in [3.63, 3.8) is 0 Å². The number of nitrogens with one attached hydrogen (secondary N) is 1. The second-order valence-electron chi connectivity index (χ2n) is 6.04. The minimum Gasteiger partial charge on any atom is -0.497 e. The first-order valence-electron chi connectivity index (χ1n) is 7.53. The van der Waals surface area contributed by atoms with E-state index in [0.717, 1.165) is 43.9 Å². The van der Waals surface area contributed by atoms with Gasteiger partial charge in [-0.05, 0) is 43.2 Å². The monoisotopic (exact) mass is 322 g/mol. The van der Waals surface area contributed by atoms with Crippen molar-refractivity contribution >= 4 is 24.4 Å². The van der Waals surface area contributed by atoms with E-state index >= 15 is 0 Å². The molecule has 2 aliphatic heterocycles. The van der Waals surface area contributed by atoms with E-state index in [4.69, 9.17) is 4.74 Å². The van der Waals surface area contributed by atoms with Gasteiger partial charge in [0.15, 0.2) is 0 Å². The van der Waals surface area contributed by atoms with Crippen molar-refractivity contribution in [1.29, 1.82) is 0 Å². The van der Waals surface area contributed by atoms with Crippen LogP contribution in [-0.2, 0) is 4.79 Å². The molecule has 1 spiro atoms. The number of hydrogen-bond donors (Lipinski definition) is 1. The normalized spacial score (nSPS) is 24.0. The van der Waals surface area contributed by atoms with Gasteiger partial charge in [0.05, 0.1) is 7.11 Å². The number of hydrogen-bond acceptors (Lipinski definition) is 3. The van der Waals surface area contributed by atoms with Crippen LogP contribution in [0.1, 0.15) is 18.4 Å². The highest BCUT2D eigenvalue weighted by Crippen LogP contribution is 2.36. The Morgan fingerprint density at radius 3 is 2.73 bits per heavy atom. The molecule has 2 fully saturated rings. The van der Waals surface area contributed by atoms with E-state index in [1.165, 1.54) is 6.42 Å². The van der Waals surface area contributed by atoms with Gasteiger partial charge in [0, 0.05) is 31.1 Å². The van der Waals surface area contributed by atoms with Crippen LogP contribution in [0.2, 0.25) is 0 Å². The number of rotatable bonds is 3. The fraction of sp³-hybridized carbons (Fsp3) is 0.471. The summed E-state index contributed by atoms with van der Waals surface area (Å²) in [5.74, 6) is 0.947. The maximum absolute atomic E-state index is 12.3. The Balaban J connectivity index is 0.00000176. The van der Waals surface area contributed by atoms with E-state index in [2.05, 4.69) is 5.32 Å². The highest BCUT2D eigenvalue weighted by Gasteiger charge is 2.41. The van der Waals surface area contributed by atoms with Crippen molar-refractivity contribution < 1.29 is 9.53 Å². The van der Waals surface area contributed by atoms with E-state index in [0.29, 0.717) is 5.41 Å². The van der Waals surface area contributed by atoms with Crippen molar-refractivity contribution in [3.8, 4) is 5.75 Å². The van der Waals surface area contributed by atoms with Crippen molar-refractivity contribution in [1.82, 2.24) is 10.2 Å². The van der Waals surface area contributed by atoms with Gasteiger partial charge in [-0.25, -0.2) is 0 Å². The van der Waals surface area contributed by atoms with Crippen molar-refractivity contribution in [2.45, 2.75) is 12.8 Å². The van der Waals surface area contributed by atoms with Crippen molar-refractivity contribution in [3.05, 3.63) is 35.9 Å². The molecule has 2 heterocycles. The molecule has 120 valence electrons. The lowest BCUT2D eigenvalue weighted by Crippen LogP contribution is -2.32. The van der Waals surface area contributed by atoms with Crippen LogP contribution in [-0.4, -0.2) is 44.1 Å². The number of amides is 1. The zero-order valence-corrected chi connectivity index (χ0v) is 13.7. The van der Waals surface area contributed by atoms with Crippen LogP contribution in [0, 0.1) is 5.41 Å². The Labute approximate surface area is 137 Å². The summed E-state index contributed by atoms with van der Waals surface area (Å²) >= 11 is 0. The van der Waals surface area contributed by atoms with Crippen LogP contribution in [0.25, 0.3) is 6.08 Å². The summed E-state index contributed by atoms with van der Waals surface area (Å²) in [6.07, 6.45) is 5.88. The van der Waals surface area contributed by atoms with Crippen LogP contribution >= 0.6 is 12.4 Å². The molecule has 1 aromatic rings. The lowest BCUT2D eigenvalue weighted by atomic mass is 9.87. The third-order valence-corrected chi connectivity index (χ3v) is 4.62. The number of ether oxygens (including phenoxy) is 1. The Morgan fingerprint density at radius 2 is 2.09 bits per heavy atom. The third-order valence-electron chi connectivity index (χ3n) is 4.62. The number of halogens is 1. The summed E-state index contributed by atoms with van der Waals surface area (Å²) in [7, 11) is 1.65. The van der Waals surface area contributed by atoms with Gasteiger partial charge in [0.1, 0.15) is 5.75 Å². The number of carbonyl (C=O) groups is 1. The molecular formula is C17H23ClN2O2. The van der Waals surface area contributed by atoms with Gasteiger partial charge in [-0.15, -0.1) is 12.4 Å². The Hall–Kier alpha value is -1.52. The van der Waals surface area contributed by atoms with Crippen molar-refractivity contribution in [2.24, 2.45) is 5.41 Å². The maximum atomic E-state index is 12.3. The molecule has 0 saturated carbocycles. The maximum Gasteiger partial charge on any atom is 0.246 e. The van der Waals surface area contributed by atoms with Gasteiger partial charge in [0.2, 0.25) is 5.91 Å². The molecule has 1 unspecified atom stereocenters. The van der Waals surface area contributed by atoms with Gasteiger partial charge in [0.25, 0.3) is 0 Å². The Morgan fingerprint density at radius 1 is 1.32 bits per heavy atom. The second-order valence-corrected chi connectivity index (χ2v) is 6.04. The summed E-state index contributed by atoms with van der Waals surface area (Å²) in [5.41, 5.74) is 1.35. The largest absolute Gasteiger partial charge is 0.497 e. The molecule has 22 heavy (non-hydrogen) atoms. The van der Waals surface area contributed by atoms with Gasteiger partial charge >= 0.3 is 0 Å². The van der Waals surface area contributed by atoms with Gasteiger partial charge < -0.3 is 15.0 Å². The number of nitrogens with zero attached hydrogens (tertiary/aromatic N) is 1. The molecule has 1 N–H and O–H groups in total. The zero-order chi connectivity index (χ0) is 14.7. The van der Waals surface area contributed by atoms with Crippen molar-refractivity contribution in [2.75, 3.05) is 33.3 Å². The van der Waals surface area contributed by atoms with E-state index in [-0.39, 0.29) is 18.3 Å². The zero-order valence-electron chi connectivity index (χ0n) is 12.9. The number of carbonyl (C=O) groups excluding carboxylic acids is 1. The number of methoxy groups -OCH3 is 1. The smallest absolute Gasteiger partial charge is 0.246 e. The lowest BCUT2D eigenvalue weighted by Gasteiger charge is -2.22. The van der Waals surface area contributed by atoms with Gasteiger partial charge in [-0.1, -0.05) is 12.1 Å². The quantitative estimate of drug-likeness (QED) is 0.869. The Bertz CT molecular complexity index is 536. The molecule has 1 amide bonds. The second kappa shape index (κ2) is 7.16.